The molecular formula is C8H6Br2N2. The van der Waals surface area contributed by atoms with E-state index in [-0.39, 0.29) is 0 Å². The zero-order chi connectivity index (χ0) is 8.72. The van der Waals surface area contributed by atoms with Gasteiger partial charge in [-0.25, -0.2) is 4.98 Å². The largest absolute Gasteiger partial charge is 0.306 e. The molecule has 0 saturated carbocycles. The fourth-order valence-electron chi connectivity index (χ4n) is 1.11. The highest BCUT2D eigenvalue weighted by molar-refractivity contribution is 9.13. The van der Waals surface area contributed by atoms with E-state index in [1.165, 1.54) is 0 Å². The summed E-state index contributed by atoms with van der Waals surface area (Å²) in [4.78, 5) is 4.33. The third-order valence-corrected chi connectivity index (χ3v) is 3.44. The molecular weight excluding hydrogens is 284 g/mol. The van der Waals surface area contributed by atoms with Gasteiger partial charge in [0.25, 0.3) is 0 Å². The molecule has 2 heterocycles. The summed E-state index contributed by atoms with van der Waals surface area (Å²) < 4.78 is 4.05. The van der Waals surface area contributed by atoms with Crippen molar-refractivity contribution in [2.45, 2.75) is 6.92 Å². The van der Waals surface area contributed by atoms with Crippen molar-refractivity contribution >= 4 is 37.5 Å². The Morgan fingerprint density at radius 2 is 2.00 bits per heavy atom. The molecule has 0 radical (unpaired) electrons. The first kappa shape index (κ1) is 8.26. The summed E-state index contributed by atoms with van der Waals surface area (Å²) in [6, 6.07) is 1.98. The van der Waals surface area contributed by atoms with E-state index in [9.17, 15) is 0 Å². The van der Waals surface area contributed by atoms with Gasteiger partial charge in [-0.2, -0.15) is 0 Å². The Balaban J connectivity index is 2.83. The number of aromatic nitrogens is 2. The molecule has 2 aromatic rings. The van der Waals surface area contributed by atoms with E-state index in [1.54, 1.807) is 0 Å². The summed E-state index contributed by atoms with van der Waals surface area (Å²) in [6.07, 6.45) is 3.98. The predicted molar refractivity (Wildman–Crippen MR) is 55.3 cm³/mol. The topological polar surface area (TPSA) is 17.3 Å². The molecule has 0 aliphatic heterocycles. The molecule has 0 atom stereocenters. The second-order valence-electron chi connectivity index (χ2n) is 2.62. The van der Waals surface area contributed by atoms with Crippen molar-refractivity contribution in [1.82, 2.24) is 9.38 Å². The number of halogens is 2. The fourth-order valence-corrected chi connectivity index (χ4v) is 1.75. The molecule has 2 aromatic heterocycles. The number of imidazole rings is 1. The first-order chi connectivity index (χ1) is 5.66. The molecule has 0 aliphatic rings. The summed E-state index contributed by atoms with van der Waals surface area (Å²) in [6.45, 7) is 1.98. The van der Waals surface area contributed by atoms with Gasteiger partial charge in [0.05, 0.1) is 5.69 Å². The monoisotopic (exact) mass is 288 g/mol. The van der Waals surface area contributed by atoms with Crippen molar-refractivity contribution in [3.63, 3.8) is 0 Å². The van der Waals surface area contributed by atoms with E-state index in [4.69, 9.17) is 0 Å². The first-order valence-corrected chi connectivity index (χ1v) is 5.06. The minimum Gasteiger partial charge on any atom is -0.306 e. The lowest BCUT2D eigenvalue weighted by Crippen LogP contribution is -1.82. The average Bonchev–Trinajstić information content (AvgIpc) is 2.30. The summed E-state index contributed by atoms with van der Waals surface area (Å²) >= 11 is 6.86. The number of hydrogen-bond acceptors (Lipinski definition) is 1. The van der Waals surface area contributed by atoms with E-state index in [0.717, 1.165) is 20.3 Å². The summed E-state index contributed by atoms with van der Waals surface area (Å²) in [5.41, 5.74) is 1.99. The molecule has 0 bridgehead atoms. The van der Waals surface area contributed by atoms with Gasteiger partial charge in [0.1, 0.15) is 5.65 Å². The Morgan fingerprint density at radius 1 is 1.25 bits per heavy atom. The first-order valence-electron chi connectivity index (χ1n) is 3.47. The Hall–Kier alpha value is -0.350. The maximum atomic E-state index is 4.33. The van der Waals surface area contributed by atoms with E-state index in [2.05, 4.69) is 36.8 Å². The quantitative estimate of drug-likeness (QED) is 0.728. The van der Waals surface area contributed by atoms with Gasteiger partial charge in [0.15, 0.2) is 0 Å². The van der Waals surface area contributed by atoms with Crippen LogP contribution in [0.15, 0.2) is 27.4 Å². The van der Waals surface area contributed by atoms with Crippen LogP contribution in [0.5, 0.6) is 0 Å². The molecule has 0 unspecified atom stereocenters. The molecule has 62 valence electrons. The molecule has 0 amide bonds. The molecule has 0 spiro atoms. The number of hydrogen-bond donors (Lipinski definition) is 0. The van der Waals surface area contributed by atoms with Crippen LogP contribution in [0.4, 0.5) is 0 Å². The summed E-state index contributed by atoms with van der Waals surface area (Å²) in [7, 11) is 0. The van der Waals surface area contributed by atoms with Crippen LogP contribution in [0.3, 0.4) is 0 Å². The second-order valence-corrected chi connectivity index (χ2v) is 4.33. The van der Waals surface area contributed by atoms with Crippen LogP contribution in [0.25, 0.3) is 5.65 Å². The standard InChI is InChI=1S/C8H6Br2N2/c1-5-3-12-4-7(10)6(9)2-8(12)11-5/h2-4H,1H3. The van der Waals surface area contributed by atoms with Crippen LogP contribution < -0.4 is 0 Å². The lowest BCUT2D eigenvalue weighted by molar-refractivity contribution is 1.17. The van der Waals surface area contributed by atoms with Crippen LogP contribution in [0.2, 0.25) is 0 Å². The highest BCUT2D eigenvalue weighted by Crippen LogP contribution is 2.23. The third kappa shape index (κ3) is 1.29. The smallest absolute Gasteiger partial charge is 0.138 e. The Labute approximate surface area is 86.9 Å². The fraction of sp³-hybridized carbons (Fsp3) is 0.125. The lowest BCUT2D eigenvalue weighted by atomic mass is 10.5. The Kier molecular flexibility index (Phi) is 1.96. The highest BCUT2D eigenvalue weighted by atomic mass is 79.9. The minimum atomic E-state index is 0.961. The molecule has 12 heavy (non-hydrogen) atoms. The molecule has 0 aliphatic carbocycles. The van der Waals surface area contributed by atoms with Gasteiger partial charge < -0.3 is 4.40 Å². The summed E-state index contributed by atoms with van der Waals surface area (Å²) in [5.74, 6) is 0. The van der Waals surface area contributed by atoms with Gasteiger partial charge in [-0.05, 0) is 44.8 Å². The van der Waals surface area contributed by atoms with Gasteiger partial charge in [-0.3, -0.25) is 0 Å². The van der Waals surface area contributed by atoms with Gasteiger partial charge in [-0.15, -0.1) is 0 Å². The van der Waals surface area contributed by atoms with Crippen molar-refractivity contribution in [2.24, 2.45) is 0 Å². The zero-order valence-corrected chi connectivity index (χ0v) is 9.55. The van der Waals surface area contributed by atoms with E-state index < -0.39 is 0 Å². The van der Waals surface area contributed by atoms with E-state index in [1.807, 2.05) is 29.8 Å². The number of nitrogens with zero attached hydrogens (tertiary/aromatic N) is 2. The van der Waals surface area contributed by atoms with Crippen LogP contribution in [0.1, 0.15) is 5.69 Å². The molecule has 4 heteroatoms. The SMILES string of the molecule is Cc1cn2cc(Br)c(Br)cc2n1. The maximum Gasteiger partial charge on any atom is 0.138 e. The normalized spacial score (nSPS) is 10.9. The van der Waals surface area contributed by atoms with E-state index >= 15 is 0 Å². The number of aryl methyl sites for hydroxylation is 1. The highest BCUT2D eigenvalue weighted by Gasteiger charge is 2.01. The molecule has 2 nitrogen and oxygen atoms in total. The van der Waals surface area contributed by atoms with Crippen LogP contribution in [0, 0.1) is 6.92 Å². The van der Waals surface area contributed by atoms with Crippen molar-refractivity contribution in [3.8, 4) is 0 Å². The van der Waals surface area contributed by atoms with Crippen LogP contribution >= 0.6 is 31.9 Å². The number of fused-ring (bicyclic) bond motifs is 1. The lowest BCUT2D eigenvalue weighted by Gasteiger charge is -1.96. The Bertz CT molecular complexity index is 395. The molecule has 0 aromatic carbocycles. The molecule has 0 N–H and O–H groups in total. The van der Waals surface area contributed by atoms with Crippen molar-refractivity contribution in [2.75, 3.05) is 0 Å². The maximum absolute atomic E-state index is 4.33. The number of rotatable bonds is 0. The van der Waals surface area contributed by atoms with Crippen molar-refractivity contribution < 1.29 is 0 Å². The van der Waals surface area contributed by atoms with E-state index in [0.29, 0.717) is 0 Å². The van der Waals surface area contributed by atoms with Gasteiger partial charge in [0.2, 0.25) is 0 Å². The average molecular weight is 290 g/mol. The van der Waals surface area contributed by atoms with Crippen LogP contribution in [-0.2, 0) is 0 Å². The van der Waals surface area contributed by atoms with Crippen LogP contribution in [-0.4, -0.2) is 9.38 Å². The minimum absolute atomic E-state index is 0.961. The van der Waals surface area contributed by atoms with Crippen molar-refractivity contribution in [3.05, 3.63) is 33.1 Å². The van der Waals surface area contributed by atoms with Gasteiger partial charge >= 0.3 is 0 Å². The predicted octanol–water partition coefficient (Wildman–Crippen LogP) is 3.17. The van der Waals surface area contributed by atoms with Gasteiger partial charge in [-0.1, -0.05) is 0 Å². The summed E-state index contributed by atoms with van der Waals surface area (Å²) in [5, 5.41) is 0. The third-order valence-electron chi connectivity index (χ3n) is 1.62. The zero-order valence-electron chi connectivity index (χ0n) is 6.38. The van der Waals surface area contributed by atoms with Crippen molar-refractivity contribution in [1.29, 1.82) is 0 Å². The molecule has 0 saturated heterocycles. The number of pyridine rings is 1. The van der Waals surface area contributed by atoms with Gasteiger partial charge in [0, 0.05) is 21.3 Å². The molecule has 2 rings (SSSR count). The molecule has 0 fully saturated rings. The second kappa shape index (κ2) is 2.85. The Morgan fingerprint density at radius 3 is 2.75 bits per heavy atom.